The number of hydrogen-bond donors (Lipinski definition) is 1. The first-order valence-electron chi connectivity index (χ1n) is 6.38. The van der Waals surface area contributed by atoms with E-state index in [0.717, 1.165) is 39.3 Å². The van der Waals surface area contributed by atoms with Crippen LogP contribution in [-0.2, 0) is 0 Å². The minimum absolute atomic E-state index is 0.102. The van der Waals surface area contributed by atoms with Gasteiger partial charge in [0.15, 0.2) is 0 Å². The summed E-state index contributed by atoms with van der Waals surface area (Å²) in [6.07, 6.45) is 1.19. The molecule has 94 valence electrons. The standard InChI is InChI=1S/C12H25N3O/c1-4-5-14-6-8-15(9-7-14)12(16)13-10-11(2)3/h11H,4-10H2,1-3H3,(H,13,16). The Kier molecular flexibility index (Phi) is 5.60. The summed E-state index contributed by atoms with van der Waals surface area (Å²) in [5, 5.41) is 2.97. The van der Waals surface area contributed by atoms with Gasteiger partial charge in [0, 0.05) is 32.7 Å². The second kappa shape index (κ2) is 6.74. The van der Waals surface area contributed by atoms with Gasteiger partial charge in [-0.25, -0.2) is 4.79 Å². The number of rotatable bonds is 4. The highest BCUT2D eigenvalue weighted by Crippen LogP contribution is 2.02. The van der Waals surface area contributed by atoms with Gasteiger partial charge < -0.3 is 10.2 Å². The largest absolute Gasteiger partial charge is 0.338 e. The summed E-state index contributed by atoms with van der Waals surface area (Å²) in [7, 11) is 0. The van der Waals surface area contributed by atoms with Crippen LogP contribution in [0.25, 0.3) is 0 Å². The zero-order valence-corrected chi connectivity index (χ0v) is 10.8. The van der Waals surface area contributed by atoms with Gasteiger partial charge >= 0.3 is 6.03 Å². The van der Waals surface area contributed by atoms with Gasteiger partial charge in [0.2, 0.25) is 0 Å². The Morgan fingerprint density at radius 3 is 2.38 bits per heavy atom. The van der Waals surface area contributed by atoms with E-state index < -0.39 is 0 Å². The number of hydrogen-bond acceptors (Lipinski definition) is 2. The zero-order chi connectivity index (χ0) is 12.0. The van der Waals surface area contributed by atoms with Crippen LogP contribution in [0.4, 0.5) is 4.79 Å². The molecule has 0 aliphatic carbocycles. The van der Waals surface area contributed by atoms with E-state index in [2.05, 4.69) is 31.0 Å². The van der Waals surface area contributed by atoms with Crippen LogP contribution in [0.15, 0.2) is 0 Å². The Hall–Kier alpha value is -0.770. The lowest BCUT2D eigenvalue weighted by molar-refractivity contribution is 0.139. The quantitative estimate of drug-likeness (QED) is 0.787. The van der Waals surface area contributed by atoms with E-state index >= 15 is 0 Å². The van der Waals surface area contributed by atoms with Gasteiger partial charge in [-0.15, -0.1) is 0 Å². The highest BCUT2D eigenvalue weighted by atomic mass is 16.2. The van der Waals surface area contributed by atoms with Crippen molar-refractivity contribution in [3.05, 3.63) is 0 Å². The molecule has 0 radical (unpaired) electrons. The van der Waals surface area contributed by atoms with Crippen molar-refractivity contribution in [2.75, 3.05) is 39.3 Å². The normalized spacial score (nSPS) is 17.9. The van der Waals surface area contributed by atoms with Crippen molar-refractivity contribution in [3.8, 4) is 0 Å². The fourth-order valence-electron chi connectivity index (χ4n) is 1.89. The number of urea groups is 1. The topological polar surface area (TPSA) is 35.6 Å². The van der Waals surface area contributed by atoms with E-state index in [-0.39, 0.29) is 6.03 Å². The predicted octanol–water partition coefficient (Wildman–Crippen LogP) is 1.38. The monoisotopic (exact) mass is 227 g/mol. The molecular weight excluding hydrogens is 202 g/mol. The lowest BCUT2D eigenvalue weighted by Gasteiger charge is -2.34. The third kappa shape index (κ3) is 4.39. The third-order valence-electron chi connectivity index (χ3n) is 2.86. The molecule has 1 N–H and O–H groups in total. The molecule has 1 rings (SSSR count). The number of amides is 2. The number of carbonyl (C=O) groups excluding carboxylic acids is 1. The van der Waals surface area contributed by atoms with Crippen molar-refractivity contribution >= 4 is 6.03 Å². The van der Waals surface area contributed by atoms with Crippen LogP contribution in [-0.4, -0.2) is 55.1 Å². The van der Waals surface area contributed by atoms with Crippen LogP contribution in [0.1, 0.15) is 27.2 Å². The predicted molar refractivity (Wildman–Crippen MR) is 66.5 cm³/mol. The highest BCUT2D eigenvalue weighted by molar-refractivity contribution is 5.74. The molecule has 0 aromatic rings. The summed E-state index contributed by atoms with van der Waals surface area (Å²) >= 11 is 0. The SMILES string of the molecule is CCCN1CCN(C(=O)NCC(C)C)CC1. The van der Waals surface area contributed by atoms with E-state index in [1.54, 1.807) is 0 Å². The van der Waals surface area contributed by atoms with Crippen molar-refractivity contribution in [2.45, 2.75) is 27.2 Å². The summed E-state index contributed by atoms with van der Waals surface area (Å²) in [5.74, 6) is 0.519. The molecule has 0 spiro atoms. The molecule has 1 aliphatic rings. The molecule has 0 aromatic carbocycles. The molecule has 0 atom stereocenters. The van der Waals surface area contributed by atoms with Crippen LogP contribution >= 0.6 is 0 Å². The first-order chi connectivity index (χ1) is 7.63. The Morgan fingerprint density at radius 2 is 1.88 bits per heavy atom. The minimum atomic E-state index is 0.102. The van der Waals surface area contributed by atoms with E-state index in [1.807, 2.05) is 4.90 Å². The molecule has 4 nitrogen and oxygen atoms in total. The van der Waals surface area contributed by atoms with Gasteiger partial charge in [-0.2, -0.15) is 0 Å². The first-order valence-corrected chi connectivity index (χ1v) is 6.38. The molecule has 1 saturated heterocycles. The number of nitrogens with zero attached hydrogens (tertiary/aromatic N) is 2. The minimum Gasteiger partial charge on any atom is -0.338 e. The Labute approximate surface area is 99.0 Å². The fourth-order valence-corrected chi connectivity index (χ4v) is 1.89. The van der Waals surface area contributed by atoms with Crippen molar-refractivity contribution in [1.29, 1.82) is 0 Å². The van der Waals surface area contributed by atoms with Gasteiger partial charge in [0.1, 0.15) is 0 Å². The summed E-state index contributed by atoms with van der Waals surface area (Å²) in [6.45, 7) is 12.1. The molecule has 0 aromatic heterocycles. The molecular formula is C12H25N3O. The van der Waals surface area contributed by atoms with Crippen molar-refractivity contribution in [1.82, 2.24) is 15.1 Å². The lowest BCUT2D eigenvalue weighted by atomic mass is 10.2. The number of piperazine rings is 1. The highest BCUT2D eigenvalue weighted by Gasteiger charge is 2.19. The Balaban J connectivity index is 2.22. The molecule has 16 heavy (non-hydrogen) atoms. The van der Waals surface area contributed by atoms with Crippen LogP contribution in [0.2, 0.25) is 0 Å². The number of carbonyl (C=O) groups is 1. The molecule has 0 unspecified atom stereocenters. The Bertz CT molecular complexity index is 210. The maximum atomic E-state index is 11.8. The van der Waals surface area contributed by atoms with Gasteiger partial charge in [0.25, 0.3) is 0 Å². The maximum Gasteiger partial charge on any atom is 0.317 e. The average molecular weight is 227 g/mol. The summed E-state index contributed by atoms with van der Waals surface area (Å²) in [4.78, 5) is 16.1. The summed E-state index contributed by atoms with van der Waals surface area (Å²) < 4.78 is 0. The second-order valence-corrected chi connectivity index (χ2v) is 4.91. The second-order valence-electron chi connectivity index (χ2n) is 4.91. The van der Waals surface area contributed by atoms with E-state index in [1.165, 1.54) is 6.42 Å². The smallest absolute Gasteiger partial charge is 0.317 e. The van der Waals surface area contributed by atoms with Crippen LogP contribution in [0.3, 0.4) is 0 Å². The van der Waals surface area contributed by atoms with Crippen molar-refractivity contribution in [3.63, 3.8) is 0 Å². The number of nitrogens with one attached hydrogen (secondary N) is 1. The van der Waals surface area contributed by atoms with Gasteiger partial charge in [-0.05, 0) is 18.9 Å². The zero-order valence-electron chi connectivity index (χ0n) is 10.8. The van der Waals surface area contributed by atoms with E-state index in [4.69, 9.17) is 0 Å². The van der Waals surface area contributed by atoms with Crippen LogP contribution in [0, 0.1) is 5.92 Å². The molecule has 0 bridgehead atoms. The first kappa shape index (κ1) is 13.3. The molecule has 1 fully saturated rings. The molecule has 1 aliphatic heterocycles. The van der Waals surface area contributed by atoms with Crippen molar-refractivity contribution < 1.29 is 4.79 Å². The van der Waals surface area contributed by atoms with Crippen LogP contribution in [0.5, 0.6) is 0 Å². The molecule has 4 heteroatoms. The third-order valence-corrected chi connectivity index (χ3v) is 2.86. The van der Waals surface area contributed by atoms with Gasteiger partial charge in [-0.3, -0.25) is 4.90 Å². The van der Waals surface area contributed by atoms with E-state index in [0.29, 0.717) is 5.92 Å². The fraction of sp³-hybridized carbons (Fsp3) is 0.917. The lowest BCUT2D eigenvalue weighted by Crippen LogP contribution is -2.52. The Morgan fingerprint density at radius 1 is 1.25 bits per heavy atom. The molecule has 0 saturated carbocycles. The van der Waals surface area contributed by atoms with Gasteiger partial charge in [-0.1, -0.05) is 20.8 Å². The van der Waals surface area contributed by atoms with Crippen LogP contribution < -0.4 is 5.32 Å². The molecule has 2 amide bonds. The van der Waals surface area contributed by atoms with Gasteiger partial charge in [0.05, 0.1) is 0 Å². The average Bonchev–Trinajstić information content (AvgIpc) is 2.27. The summed E-state index contributed by atoms with van der Waals surface area (Å²) in [6, 6.07) is 0.102. The maximum absolute atomic E-state index is 11.8. The summed E-state index contributed by atoms with van der Waals surface area (Å²) in [5.41, 5.74) is 0. The van der Waals surface area contributed by atoms with E-state index in [9.17, 15) is 4.79 Å². The molecule has 1 heterocycles. The van der Waals surface area contributed by atoms with Crippen molar-refractivity contribution in [2.24, 2.45) is 5.92 Å².